The zero-order chi connectivity index (χ0) is 23.2. The number of carbonyl (C=O) groups excluding carboxylic acids is 3. The number of rotatable bonds is 4. The first-order valence-corrected chi connectivity index (χ1v) is 12.3. The molecule has 0 saturated carbocycles. The van der Waals surface area contributed by atoms with Crippen LogP contribution in [0.3, 0.4) is 0 Å². The Morgan fingerprint density at radius 2 is 1.85 bits per heavy atom. The van der Waals surface area contributed by atoms with E-state index in [-0.39, 0.29) is 29.7 Å². The largest absolute Gasteiger partial charge is 0.371 e. The lowest BCUT2D eigenvalue weighted by atomic mass is 9.93. The molecule has 5 rings (SSSR count). The van der Waals surface area contributed by atoms with Crippen molar-refractivity contribution in [2.24, 2.45) is 5.92 Å². The Balaban J connectivity index is 1.19. The van der Waals surface area contributed by atoms with E-state index in [1.807, 2.05) is 12.1 Å². The molecule has 33 heavy (non-hydrogen) atoms. The number of anilines is 1. The van der Waals surface area contributed by atoms with Gasteiger partial charge in [-0.15, -0.1) is 0 Å². The Morgan fingerprint density at radius 1 is 1.06 bits per heavy atom. The van der Waals surface area contributed by atoms with Gasteiger partial charge in [0.1, 0.15) is 6.04 Å². The molecule has 1 aromatic carbocycles. The van der Waals surface area contributed by atoms with E-state index in [4.69, 9.17) is 0 Å². The number of nitrogens with one attached hydrogen (secondary N) is 2. The minimum Gasteiger partial charge on any atom is -0.371 e. The fraction of sp³-hybridized carbons (Fsp3) is 0.640. The molecule has 3 fully saturated rings. The summed E-state index contributed by atoms with van der Waals surface area (Å²) in [4.78, 5) is 43.5. The van der Waals surface area contributed by atoms with Gasteiger partial charge in [0.2, 0.25) is 11.8 Å². The lowest BCUT2D eigenvalue weighted by Gasteiger charge is -2.42. The van der Waals surface area contributed by atoms with Crippen molar-refractivity contribution in [1.29, 1.82) is 0 Å². The second kappa shape index (κ2) is 8.72. The number of hydrogen-bond donors (Lipinski definition) is 2. The van der Waals surface area contributed by atoms with E-state index in [9.17, 15) is 14.4 Å². The number of hydrogen-bond acceptors (Lipinski definition) is 6. The number of imide groups is 1. The van der Waals surface area contributed by atoms with Crippen LogP contribution in [0.1, 0.15) is 55.5 Å². The highest BCUT2D eigenvalue weighted by atomic mass is 16.2. The first kappa shape index (κ1) is 22.3. The second-order valence-electron chi connectivity index (χ2n) is 10.7. The predicted molar refractivity (Wildman–Crippen MR) is 126 cm³/mol. The van der Waals surface area contributed by atoms with Crippen molar-refractivity contribution in [1.82, 2.24) is 20.4 Å². The van der Waals surface area contributed by atoms with Crippen LogP contribution in [0.4, 0.5) is 5.69 Å². The summed E-state index contributed by atoms with van der Waals surface area (Å²) in [6, 6.07) is 5.59. The van der Waals surface area contributed by atoms with Crippen LogP contribution in [-0.4, -0.2) is 78.4 Å². The van der Waals surface area contributed by atoms with Crippen LogP contribution in [0.15, 0.2) is 18.2 Å². The molecule has 4 heterocycles. The zero-order valence-corrected chi connectivity index (χ0v) is 19.7. The number of carbonyl (C=O) groups is 3. The lowest BCUT2D eigenvalue weighted by molar-refractivity contribution is -0.136. The molecular formula is C25H35N5O3. The average Bonchev–Trinajstić information content (AvgIpc) is 3.09. The summed E-state index contributed by atoms with van der Waals surface area (Å²) in [7, 11) is 0. The summed E-state index contributed by atoms with van der Waals surface area (Å²) < 4.78 is 0. The zero-order valence-electron chi connectivity index (χ0n) is 19.7. The molecule has 4 aliphatic heterocycles. The smallest absolute Gasteiger partial charge is 0.255 e. The number of piperidine rings is 2. The van der Waals surface area contributed by atoms with Gasteiger partial charge in [-0.1, -0.05) is 6.07 Å². The van der Waals surface area contributed by atoms with Gasteiger partial charge in [0.25, 0.3) is 5.91 Å². The van der Waals surface area contributed by atoms with Gasteiger partial charge >= 0.3 is 0 Å². The summed E-state index contributed by atoms with van der Waals surface area (Å²) in [5.74, 6) is 0.00104. The Bertz CT molecular complexity index is 953. The van der Waals surface area contributed by atoms with Gasteiger partial charge in [-0.2, -0.15) is 0 Å². The minimum atomic E-state index is -0.559. The predicted octanol–water partition coefficient (Wildman–Crippen LogP) is 1.35. The number of benzene rings is 1. The fourth-order valence-electron chi connectivity index (χ4n) is 5.88. The van der Waals surface area contributed by atoms with Crippen molar-refractivity contribution < 1.29 is 14.4 Å². The summed E-state index contributed by atoms with van der Waals surface area (Å²) in [6.45, 7) is 11.5. The maximum absolute atomic E-state index is 13.1. The summed E-state index contributed by atoms with van der Waals surface area (Å²) in [5.41, 5.74) is 2.94. The van der Waals surface area contributed by atoms with Crippen LogP contribution in [-0.2, 0) is 16.1 Å². The van der Waals surface area contributed by atoms with Gasteiger partial charge in [-0.05, 0) is 56.7 Å². The third-order valence-electron chi connectivity index (χ3n) is 7.66. The van der Waals surface area contributed by atoms with Gasteiger partial charge in [0, 0.05) is 69.0 Å². The molecule has 1 atom stereocenters. The van der Waals surface area contributed by atoms with Crippen molar-refractivity contribution in [2.45, 2.75) is 57.7 Å². The molecule has 0 radical (unpaired) electrons. The molecule has 0 aromatic heterocycles. The van der Waals surface area contributed by atoms with Gasteiger partial charge in [-0.25, -0.2) is 0 Å². The highest BCUT2D eigenvalue weighted by Crippen LogP contribution is 2.32. The molecule has 3 saturated heterocycles. The third kappa shape index (κ3) is 4.64. The van der Waals surface area contributed by atoms with Crippen LogP contribution in [0.2, 0.25) is 0 Å². The van der Waals surface area contributed by atoms with Crippen LogP contribution >= 0.6 is 0 Å². The van der Waals surface area contributed by atoms with E-state index >= 15 is 0 Å². The first-order chi connectivity index (χ1) is 15.8. The molecule has 1 unspecified atom stereocenters. The summed E-state index contributed by atoms with van der Waals surface area (Å²) >= 11 is 0. The SMILES string of the molecule is CC1(C)CN(CC2CCN(c3ccc4c(c3)C(=O)N(C3CCC(=O)NC3=O)C4)CC2)CCN1. The monoisotopic (exact) mass is 453 g/mol. The maximum Gasteiger partial charge on any atom is 0.255 e. The molecule has 0 aliphatic carbocycles. The molecule has 2 N–H and O–H groups in total. The summed E-state index contributed by atoms with van der Waals surface area (Å²) in [5, 5.41) is 5.96. The number of piperazine rings is 1. The van der Waals surface area contributed by atoms with Crippen LogP contribution in [0.5, 0.6) is 0 Å². The first-order valence-electron chi connectivity index (χ1n) is 12.3. The highest BCUT2D eigenvalue weighted by Gasteiger charge is 2.39. The Morgan fingerprint density at radius 3 is 2.58 bits per heavy atom. The average molecular weight is 454 g/mol. The number of amides is 3. The van der Waals surface area contributed by atoms with E-state index in [1.54, 1.807) is 4.90 Å². The molecule has 3 amide bonds. The fourth-order valence-corrected chi connectivity index (χ4v) is 5.88. The van der Waals surface area contributed by atoms with E-state index in [0.717, 1.165) is 56.8 Å². The van der Waals surface area contributed by atoms with Crippen LogP contribution in [0.25, 0.3) is 0 Å². The lowest BCUT2D eigenvalue weighted by Crippen LogP contribution is -2.58. The third-order valence-corrected chi connectivity index (χ3v) is 7.66. The van der Waals surface area contributed by atoms with Crippen molar-refractivity contribution >= 4 is 23.4 Å². The maximum atomic E-state index is 13.1. The molecule has 8 nitrogen and oxygen atoms in total. The number of fused-ring (bicyclic) bond motifs is 1. The second-order valence-corrected chi connectivity index (χ2v) is 10.7. The Labute approximate surface area is 195 Å². The van der Waals surface area contributed by atoms with Crippen LogP contribution in [0, 0.1) is 5.92 Å². The van der Waals surface area contributed by atoms with E-state index in [1.165, 1.54) is 6.54 Å². The van der Waals surface area contributed by atoms with Gasteiger partial charge in [0.05, 0.1) is 0 Å². The van der Waals surface area contributed by atoms with E-state index in [2.05, 4.69) is 40.3 Å². The van der Waals surface area contributed by atoms with Crippen LogP contribution < -0.4 is 15.5 Å². The number of nitrogens with zero attached hydrogens (tertiary/aromatic N) is 3. The van der Waals surface area contributed by atoms with E-state index < -0.39 is 6.04 Å². The molecule has 178 valence electrons. The van der Waals surface area contributed by atoms with Crippen molar-refractivity contribution in [3.05, 3.63) is 29.3 Å². The molecular weight excluding hydrogens is 418 g/mol. The molecule has 0 spiro atoms. The standard InChI is InChI=1S/C25H35N5O3/c1-25(2)16-28(12-9-26-25)14-17-7-10-29(11-8-17)19-4-3-18-15-30(24(33)20(18)13-19)21-5-6-22(31)27-23(21)32/h3-4,13,17,21,26H,5-12,14-16H2,1-2H3,(H,27,31,32). The molecule has 0 bridgehead atoms. The van der Waals surface area contributed by atoms with Crippen molar-refractivity contribution in [3.63, 3.8) is 0 Å². The normalized spacial score (nSPS) is 26.5. The highest BCUT2D eigenvalue weighted by molar-refractivity contribution is 6.05. The van der Waals surface area contributed by atoms with Gasteiger partial charge in [0.15, 0.2) is 0 Å². The molecule has 4 aliphatic rings. The Kier molecular flexibility index (Phi) is 5.91. The Hall–Kier alpha value is -2.45. The summed E-state index contributed by atoms with van der Waals surface area (Å²) in [6.07, 6.45) is 3.01. The molecule has 8 heteroatoms. The van der Waals surface area contributed by atoms with Gasteiger partial charge in [-0.3, -0.25) is 24.6 Å². The van der Waals surface area contributed by atoms with Gasteiger partial charge < -0.3 is 15.1 Å². The van der Waals surface area contributed by atoms with E-state index in [0.29, 0.717) is 24.4 Å². The molecule has 1 aromatic rings. The van der Waals surface area contributed by atoms with Crippen molar-refractivity contribution in [3.8, 4) is 0 Å². The quantitative estimate of drug-likeness (QED) is 0.670. The minimum absolute atomic E-state index is 0.0995. The topological polar surface area (TPSA) is 85.0 Å². The van der Waals surface area contributed by atoms with Crippen molar-refractivity contribution in [2.75, 3.05) is 44.2 Å².